The molecule has 0 aromatic heterocycles. The third-order valence-electron chi connectivity index (χ3n) is 5.11. The fourth-order valence-electron chi connectivity index (χ4n) is 3.24. The first kappa shape index (κ1) is 22.1. The van der Waals surface area contributed by atoms with Gasteiger partial charge in [-0.2, -0.15) is 0 Å². The maximum absolute atomic E-state index is 12.7. The van der Waals surface area contributed by atoms with Gasteiger partial charge in [-0.05, 0) is 48.6 Å². The van der Waals surface area contributed by atoms with Gasteiger partial charge >= 0.3 is 5.97 Å². The number of carbonyl (C=O) groups is 2. The van der Waals surface area contributed by atoms with Crippen LogP contribution in [0.5, 0.6) is 5.75 Å². The van der Waals surface area contributed by atoms with E-state index in [0.717, 1.165) is 23.1 Å². The second kappa shape index (κ2) is 11.0. The van der Waals surface area contributed by atoms with Crippen LogP contribution in [0.1, 0.15) is 42.4 Å². The van der Waals surface area contributed by atoms with Gasteiger partial charge in [0.25, 0.3) is 0 Å². The number of anilines is 1. The topological polar surface area (TPSA) is 75.6 Å². The molecule has 0 fully saturated rings. The van der Waals surface area contributed by atoms with Crippen molar-refractivity contribution >= 4 is 17.6 Å². The molecule has 160 valence electrons. The Morgan fingerprint density at radius 2 is 1.55 bits per heavy atom. The summed E-state index contributed by atoms with van der Waals surface area (Å²) in [7, 11) is 0. The van der Waals surface area contributed by atoms with Crippen LogP contribution in [0.3, 0.4) is 0 Å². The van der Waals surface area contributed by atoms with E-state index < -0.39 is 5.97 Å². The van der Waals surface area contributed by atoms with E-state index in [9.17, 15) is 9.59 Å². The Morgan fingerprint density at radius 1 is 0.903 bits per heavy atom. The number of carboxylic acid groups (broad SMARTS) is 1. The zero-order valence-electron chi connectivity index (χ0n) is 17.6. The minimum Gasteiger partial charge on any atom is -0.487 e. The molecular formula is C26H27NO4. The fraction of sp³-hybridized carbons (Fsp3) is 0.231. The molecular weight excluding hydrogens is 390 g/mol. The summed E-state index contributed by atoms with van der Waals surface area (Å²) in [6, 6.07) is 25.0. The zero-order valence-corrected chi connectivity index (χ0v) is 17.6. The van der Waals surface area contributed by atoms with Gasteiger partial charge < -0.3 is 15.2 Å². The Balaban J connectivity index is 1.58. The highest BCUT2D eigenvalue weighted by atomic mass is 16.5. The first-order valence-corrected chi connectivity index (χ1v) is 10.4. The molecule has 0 saturated heterocycles. The van der Waals surface area contributed by atoms with E-state index in [2.05, 4.69) is 5.32 Å². The van der Waals surface area contributed by atoms with Gasteiger partial charge in [-0.1, -0.05) is 66.7 Å². The lowest BCUT2D eigenvalue weighted by Crippen LogP contribution is -2.19. The molecule has 1 unspecified atom stereocenters. The molecule has 0 radical (unpaired) electrons. The summed E-state index contributed by atoms with van der Waals surface area (Å²) >= 11 is 0. The lowest BCUT2D eigenvalue weighted by atomic mass is 10.0. The quantitative estimate of drug-likeness (QED) is 0.462. The summed E-state index contributed by atoms with van der Waals surface area (Å²) in [5.41, 5.74) is 3.70. The molecule has 0 aliphatic rings. The van der Waals surface area contributed by atoms with Gasteiger partial charge in [0, 0.05) is 6.42 Å². The van der Waals surface area contributed by atoms with Crippen molar-refractivity contribution in [3.05, 3.63) is 95.6 Å². The Bertz CT molecular complexity index is 999. The summed E-state index contributed by atoms with van der Waals surface area (Å²) in [5.74, 6) is -0.522. The van der Waals surface area contributed by atoms with Crippen LogP contribution in [-0.4, -0.2) is 17.0 Å². The van der Waals surface area contributed by atoms with E-state index in [-0.39, 0.29) is 18.2 Å². The van der Waals surface area contributed by atoms with Gasteiger partial charge in [-0.15, -0.1) is 0 Å². The Hall–Kier alpha value is -3.60. The number of carboxylic acids is 1. The molecule has 3 aromatic rings. The minimum absolute atomic E-state index is 0.0898. The van der Waals surface area contributed by atoms with E-state index in [4.69, 9.17) is 9.84 Å². The molecule has 1 atom stereocenters. The van der Waals surface area contributed by atoms with Crippen molar-refractivity contribution in [2.24, 2.45) is 0 Å². The zero-order chi connectivity index (χ0) is 22.1. The van der Waals surface area contributed by atoms with Crippen LogP contribution in [0.25, 0.3) is 0 Å². The molecule has 2 N–H and O–H groups in total. The second-order valence-corrected chi connectivity index (χ2v) is 7.47. The first-order valence-electron chi connectivity index (χ1n) is 10.4. The maximum atomic E-state index is 12.7. The number of ether oxygens (including phenoxy) is 1. The van der Waals surface area contributed by atoms with Crippen molar-refractivity contribution < 1.29 is 19.4 Å². The summed E-state index contributed by atoms with van der Waals surface area (Å²) in [6.07, 6.45) is 1.54. The predicted octanol–water partition coefficient (Wildman–Crippen LogP) is 5.42. The van der Waals surface area contributed by atoms with Crippen LogP contribution in [-0.2, 0) is 22.6 Å². The summed E-state index contributed by atoms with van der Waals surface area (Å²) < 4.78 is 5.97. The number of carbonyl (C=O) groups excluding carboxylic acids is 1. The van der Waals surface area contributed by atoms with Gasteiger partial charge in [0.15, 0.2) is 0 Å². The van der Waals surface area contributed by atoms with E-state index >= 15 is 0 Å². The van der Waals surface area contributed by atoms with E-state index in [1.54, 1.807) is 0 Å². The molecule has 5 heteroatoms. The van der Waals surface area contributed by atoms with Crippen molar-refractivity contribution in [3.63, 3.8) is 0 Å². The average Bonchev–Trinajstić information content (AvgIpc) is 2.79. The number of para-hydroxylation sites is 2. The Labute approximate surface area is 182 Å². The number of hydrogen-bond acceptors (Lipinski definition) is 3. The number of hydrogen-bond donors (Lipinski definition) is 2. The number of rotatable bonds is 10. The molecule has 0 spiro atoms. The normalized spacial score (nSPS) is 11.5. The molecule has 0 aliphatic carbocycles. The van der Waals surface area contributed by atoms with Crippen LogP contribution < -0.4 is 10.1 Å². The number of nitrogens with one attached hydrogen (secondary N) is 1. The van der Waals surface area contributed by atoms with Gasteiger partial charge in [0.2, 0.25) is 5.91 Å². The largest absolute Gasteiger partial charge is 0.487 e. The first-order chi connectivity index (χ1) is 15.0. The molecule has 5 nitrogen and oxygen atoms in total. The van der Waals surface area contributed by atoms with Gasteiger partial charge in [0.1, 0.15) is 12.4 Å². The Kier molecular flexibility index (Phi) is 7.82. The highest BCUT2D eigenvalue weighted by molar-refractivity contribution is 5.96. The van der Waals surface area contributed by atoms with Crippen molar-refractivity contribution in [2.75, 3.05) is 5.32 Å². The summed E-state index contributed by atoms with van der Waals surface area (Å²) in [5, 5.41) is 11.7. The monoisotopic (exact) mass is 417 g/mol. The van der Waals surface area contributed by atoms with Crippen molar-refractivity contribution in [1.82, 2.24) is 0 Å². The van der Waals surface area contributed by atoms with Crippen molar-refractivity contribution in [3.8, 4) is 5.75 Å². The number of benzene rings is 3. The molecule has 0 bridgehead atoms. The van der Waals surface area contributed by atoms with Crippen LogP contribution >= 0.6 is 0 Å². The van der Waals surface area contributed by atoms with Crippen molar-refractivity contribution in [1.29, 1.82) is 0 Å². The molecule has 0 aliphatic heterocycles. The third kappa shape index (κ3) is 6.71. The van der Waals surface area contributed by atoms with Gasteiger partial charge in [-0.25, -0.2) is 0 Å². The van der Waals surface area contributed by atoms with E-state index in [0.29, 0.717) is 24.5 Å². The van der Waals surface area contributed by atoms with Crippen LogP contribution in [0.4, 0.5) is 5.69 Å². The smallest absolute Gasteiger partial charge is 0.303 e. The lowest BCUT2D eigenvalue weighted by molar-refractivity contribution is -0.137. The van der Waals surface area contributed by atoms with Crippen LogP contribution in [0, 0.1) is 0 Å². The number of aryl methyl sites for hydroxylation is 1. The van der Waals surface area contributed by atoms with Crippen LogP contribution in [0.15, 0.2) is 78.9 Å². The summed E-state index contributed by atoms with van der Waals surface area (Å²) in [6.45, 7) is 2.25. The SMILES string of the molecule is CC(C(=O)Nc1ccccc1OCc1ccc(CCCC(=O)O)cc1)c1ccccc1. The minimum atomic E-state index is -0.770. The van der Waals surface area contributed by atoms with Gasteiger partial charge in [-0.3, -0.25) is 9.59 Å². The summed E-state index contributed by atoms with van der Waals surface area (Å²) in [4.78, 5) is 23.3. The standard InChI is InChI=1S/C26H27NO4/c1-19(22-9-3-2-4-10-22)26(30)27-23-11-5-6-12-24(23)31-18-21-16-14-20(15-17-21)8-7-13-25(28)29/h2-6,9-12,14-17,19H,7-8,13,18H2,1H3,(H,27,30)(H,28,29). The molecule has 3 rings (SSSR count). The number of aliphatic carboxylic acids is 1. The molecule has 1 amide bonds. The van der Waals surface area contributed by atoms with Gasteiger partial charge in [0.05, 0.1) is 11.6 Å². The van der Waals surface area contributed by atoms with Crippen molar-refractivity contribution in [2.45, 2.75) is 38.7 Å². The molecule has 0 saturated carbocycles. The predicted molar refractivity (Wildman–Crippen MR) is 121 cm³/mol. The highest BCUT2D eigenvalue weighted by Gasteiger charge is 2.16. The van der Waals surface area contributed by atoms with E-state index in [1.165, 1.54) is 0 Å². The lowest BCUT2D eigenvalue weighted by Gasteiger charge is -2.16. The molecule has 0 heterocycles. The molecule has 3 aromatic carbocycles. The third-order valence-corrected chi connectivity index (χ3v) is 5.11. The number of amides is 1. The fourth-order valence-corrected chi connectivity index (χ4v) is 3.24. The van der Waals surface area contributed by atoms with Crippen LogP contribution in [0.2, 0.25) is 0 Å². The maximum Gasteiger partial charge on any atom is 0.303 e. The van der Waals surface area contributed by atoms with E-state index in [1.807, 2.05) is 85.8 Å². The Morgan fingerprint density at radius 3 is 2.26 bits per heavy atom. The highest BCUT2D eigenvalue weighted by Crippen LogP contribution is 2.27. The average molecular weight is 418 g/mol. The molecule has 31 heavy (non-hydrogen) atoms. The second-order valence-electron chi connectivity index (χ2n) is 7.47.